The van der Waals surface area contributed by atoms with E-state index in [1.165, 1.54) is 5.56 Å². The van der Waals surface area contributed by atoms with Gasteiger partial charge in [-0.1, -0.05) is 0 Å². The summed E-state index contributed by atoms with van der Waals surface area (Å²) in [4.78, 5) is 4.20. The number of nitrogens with zero attached hydrogens (tertiary/aromatic N) is 3. The van der Waals surface area contributed by atoms with Gasteiger partial charge in [0.25, 0.3) is 0 Å². The Morgan fingerprint density at radius 3 is 3.10 bits per heavy atom. The van der Waals surface area contributed by atoms with Gasteiger partial charge in [-0.15, -0.1) is 0 Å². The molecule has 5 heteroatoms. The molecule has 0 radical (unpaired) electrons. The maximum absolute atomic E-state index is 9.30. The van der Waals surface area contributed by atoms with E-state index in [0.717, 1.165) is 35.7 Å². The minimum Gasteiger partial charge on any atom is -0.493 e. The van der Waals surface area contributed by atoms with Crippen molar-refractivity contribution in [2.24, 2.45) is 0 Å². The molecular formula is C15H13N3O2. The second-order valence-corrected chi connectivity index (χ2v) is 4.82. The lowest BCUT2D eigenvalue weighted by molar-refractivity contribution is 0.274. The van der Waals surface area contributed by atoms with Crippen LogP contribution in [0.2, 0.25) is 0 Å². The number of benzene rings is 1. The van der Waals surface area contributed by atoms with Gasteiger partial charge in [0.2, 0.25) is 0 Å². The largest absolute Gasteiger partial charge is 0.493 e. The van der Waals surface area contributed by atoms with Gasteiger partial charge in [0.05, 0.1) is 30.8 Å². The van der Waals surface area contributed by atoms with E-state index in [2.05, 4.69) is 16.1 Å². The molecule has 1 aromatic carbocycles. The van der Waals surface area contributed by atoms with Crippen molar-refractivity contribution in [1.82, 2.24) is 14.6 Å². The molecule has 0 saturated carbocycles. The molecule has 0 aliphatic carbocycles. The van der Waals surface area contributed by atoms with E-state index in [1.807, 2.05) is 24.3 Å². The topological polar surface area (TPSA) is 59.7 Å². The number of aromatic nitrogens is 3. The molecule has 100 valence electrons. The van der Waals surface area contributed by atoms with E-state index in [-0.39, 0.29) is 6.61 Å². The van der Waals surface area contributed by atoms with Crippen molar-refractivity contribution >= 4 is 5.65 Å². The quantitative estimate of drug-likeness (QED) is 0.769. The Morgan fingerprint density at radius 1 is 1.25 bits per heavy atom. The fourth-order valence-corrected chi connectivity index (χ4v) is 2.53. The van der Waals surface area contributed by atoms with Crippen molar-refractivity contribution in [3.05, 3.63) is 47.8 Å². The zero-order chi connectivity index (χ0) is 13.5. The van der Waals surface area contributed by atoms with Crippen LogP contribution in [0, 0.1) is 0 Å². The van der Waals surface area contributed by atoms with Crippen molar-refractivity contribution in [1.29, 1.82) is 0 Å². The molecule has 3 heterocycles. The molecule has 5 nitrogen and oxygen atoms in total. The summed E-state index contributed by atoms with van der Waals surface area (Å²) in [5, 5.41) is 13.9. The van der Waals surface area contributed by atoms with Gasteiger partial charge >= 0.3 is 0 Å². The molecule has 0 amide bonds. The Balaban J connectivity index is 1.85. The van der Waals surface area contributed by atoms with E-state index < -0.39 is 0 Å². The van der Waals surface area contributed by atoms with Gasteiger partial charge in [-0.3, -0.25) is 0 Å². The average Bonchev–Trinajstić information content (AvgIpc) is 3.12. The lowest BCUT2D eigenvalue weighted by atomic mass is 10.1. The molecule has 2 aromatic heterocycles. The Hall–Kier alpha value is -2.40. The number of fused-ring (bicyclic) bond motifs is 2. The van der Waals surface area contributed by atoms with Crippen LogP contribution in [0.1, 0.15) is 11.3 Å². The van der Waals surface area contributed by atoms with Crippen LogP contribution in [0.25, 0.3) is 16.9 Å². The molecule has 0 bridgehead atoms. The molecule has 0 saturated heterocycles. The molecule has 0 fully saturated rings. The van der Waals surface area contributed by atoms with E-state index in [0.29, 0.717) is 5.69 Å². The Bertz CT molecular complexity index is 795. The van der Waals surface area contributed by atoms with E-state index >= 15 is 0 Å². The highest BCUT2D eigenvalue weighted by atomic mass is 16.5. The van der Waals surface area contributed by atoms with Crippen LogP contribution in [-0.4, -0.2) is 26.3 Å². The monoisotopic (exact) mass is 267 g/mol. The zero-order valence-electron chi connectivity index (χ0n) is 10.8. The van der Waals surface area contributed by atoms with Crippen LogP contribution in [0.15, 0.2) is 36.5 Å². The summed E-state index contributed by atoms with van der Waals surface area (Å²) in [5.41, 5.74) is 4.56. The maximum Gasteiger partial charge on any atom is 0.153 e. The third-order valence-corrected chi connectivity index (χ3v) is 3.58. The van der Waals surface area contributed by atoms with Crippen molar-refractivity contribution in [2.75, 3.05) is 6.61 Å². The SMILES string of the molecule is OCc1cnc2ccc(-c3ccc4c(c3)CCO4)nn12. The highest BCUT2D eigenvalue weighted by molar-refractivity contribution is 5.63. The van der Waals surface area contributed by atoms with E-state index in [1.54, 1.807) is 10.7 Å². The van der Waals surface area contributed by atoms with Gasteiger partial charge in [-0.2, -0.15) is 5.10 Å². The van der Waals surface area contributed by atoms with Crippen LogP contribution in [-0.2, 0) is 13.0 Å². The summed E-state index contributed by atoms with van der Waals surface area (Å²) in [7, 11) is 0. The van der Waals surface area contributed by atoms with Gasteiger partial charge in [0.1, 0.15) is 5.75 Å². The molecule has 1 aliphatic rings. The lowest BCUT2D eigenvalue weighted by Crippen LogP contribution is -1.99. The first-order chi connectivity index (χ1) is 9.85. The second-order valence-electron chi connectivity index (χ2n) is 4.82. The predicted octanol–water partition coefficient (Wildman–Crippen LogP) is 1.82. The average molecular weight is 267 g/mol. The summed E-state index contributed by atoms with van der Waals surface area (Å²) in [6.45, 7) is 0.678. The van der Waals surface area contributed by atoms with Gasteiger partial charge in [-0.25, -0.2) is 9.50 Å². The van der Waals surface area contributed by atoms with Crippen molar-refractivity contribution in [2.45, 2.75) is 13.0 Å². The first kappa shape index (κ1) is 11.4. The third-order valence-electron chi connectivity index (χ3n) is 3.58. The summed E-state index contributed by atoms with van der Waals surface area (Å²) in [6.07, 6.45) is 2.58. The van der Waals surface area contributed by atoms with Gasteiger partial charge in [0.15, 0.2) is 5.65 Å². The van der Waals surface area contributed by atoms with Gasteiger partial charge < -0.3 is 9.84 Å². The molecule has 0 unspecified atom stereocenters. The van der Waals surface area contributed by atoms with Crippen LogP contribution in [0.5, 0.6) is 5.75 Å². The van der Waals surface area contributed by atoms with E-state index in [9.17, 15) is 5.11 Å². The maximum atomic E-state index is 9.30. The molecule has 0 spiro atoms. The number of rotatable bonds is 2. The molecule has 4 rings (SSSR count). The zero-order valence-corrected chi connectivity index (χ0v) is 10.8. The molecule has 3 aromatic rings. The smallest absolute Gasteiger partial charge is 0.153 e. The van der Waals surface area contributed by atoms with Gasteiger partial charge in [0, 0.05) is 12.0 Å². The minimum atomic E-state index is -0.0738. The standard InChI is InChI=1S/C15H13N3O2/c19-9-12-8-16-15-4-2-13(17-18(12)15)10-1-3-14-11(7-10)5-6-20-14/h1-4,7-8,19H,5-6,9H2. The Kier molecular flexibility index (Phi) is 2.47. The summed E-state index contributed by atoms with van der Waals surface area (Å²) in [6, 6.07) is 9.97. The molecule has 0 atom stereocenters. The van der Waals surface area contributed by atoms with Gasteiger partial charge in [-0.05, 0) is 35.9 Å². The number of imidazole rings is 1. The summed E-state index contributed by atoms with van der Waals surface area (Å²) < 4.78 is 7.19. The summed E-state index contributed by atoms with van der Waals surface area (Å²) >= 11 is 0. The number of aliphatic hydroxyl groups is 1. The van der Waals surface area contributed by atoms with Crippen LogP contribution in [0.3, 0.4) is 0 Å². The molecule has 1 aliphatic heterocycles. The number of hydrogen-bond acceptors (Lipinski definition) is 4. The van der Waals surface area contributed by atoms with Crippen molar-refractivity contribution < 1.29 is 9.84 Å². The summed E-state index contributed by atoms with van der Waals surface area (Å²) in [5.74, 6) is 0.966. The Labute approximate surface area is 115 Å². The normalized spacial score (nSPS) is 13.4. The molecule has 20 heavy (non-hydrogen) atoms. The van der Waals surface area contributed by atoms with Crippen molar-refractivity contribution in [3.63, 3.8) is 0 Å². The number of hydrogen-bond donors (Lipinski definition) is 1. The predicted molar refractivity (Wildman–Crippen MR) is 73.5 cm³/mol. The van der Waals surface area contributed by atoms with Crippen molar-refractivity contribution in [3.8, 4) is 17.0 Å². The highest BCUT2D eigenvalue weighted by Gasteiger charge is 2.13. The van der Waals surface area contributed by atoms with Crippen LogP contribution in [0.4, 0.5) is 0 Å². The van der Waals surface area contributed by atoms with Crippen LogP contribution < -0.4 is 4.74 Å². The first-order valence-electron chi connectivity index (χ1n) is 6.56. The minimum absolute atomic E-state index is 0.0738. The lowest BCUT2D eigenvalue weighted by Gasteiger charge is -2.05. The van der Waals surface area contributed by atoms with Crippen LogP contribution >= 0.6 is 0 Å². The number of ether oxygens (including phenoxy) is 1. The number of aliphatic hydroxyl groups excluding tert-OH is 1. The fraction of sp³-hybridized carbons (Fsp3) is 0.200. The Morgan fingerprint density at radius 2 is 2.20 bits per heavy atom. The molecule has 1 N–H and O–H groups in total. The fourth-order valence-electron chi connectivity index (χ4n) is 2.53. The third kappa shape index (κ3) is 1.67. The van der Waals surface area contributed by atoms with E-state index in [4.69, 9.17) is 4.74 Å². The first-order valence-corrected chi connectivity index (χ1v) is 6.56. The molecular weight excluding hydrogens is 254 g/mol. The second kappa shape index (κ2) is 4.31. The highest BCUT2D eigenvalue weighted by Crippen LogP contribution is 2.29.